The molecule has 4 aromatic rings. The first-order valence-corrected chi connectivity index (χ1v) is 7.84. The van der Waals surface area contributed by atoms with Crippen LogP contribution in [0.15, 0.2) is 54.9 Å². The highest BCUT2D eigenvalue weighted by atomic mass is 35.5. The molecule has 1 radical (unpaired) electrons. The van der Waals surface area contributed by atoms with Crippen molar-refractivity contribution in [3.63, 3.8) is 0 Å². The molecule has 0 fully saturated rings. The molecular weight excluding hydrogens is 322 g/mol. The van der Waals surface area contributed by atoms with Crippen molar-refractivity contribution in [3.8, 4) is 0 Å². The second-order valence-corrected chi connectivity index (χ2v) is 6.03. The van der Waals surface area contributed by atoms with E-state index in [1.54, 1.807) is 18.3 Å². The maximum atomic E-state index is 11.9. The summed E-state index contributed by atoms with van der Waals surface area (Å²) in [4.78, 5) is 16.0. The molecule has 0 saturated carbocycles. The van der Waals surface area contributed by atoms with Gasteiger partial charge in [-0.25, -0.2) is 0 Å². The largest absolute Gasteiger partial charge is 0.366 e. The zero-order chi connectivity index (χ0) is 16.7. The molecule has 0 bridgehead atoms. The number of hydrogen-bond donors (Lipinski definition) is 1. The van der Waals surface area contributed by atoms with Crippen molar-refractivity contribution in [2.45, 2.75) is 6.54 Å². The van der Waals surface area contributed by atoms with Crippen LogP contribution in [0.2, 0.25) is 5.02 Å². The Bertz CT molecular complexity index is 1070. The van der Waals surface area contributed by atoms with E-state index in [9.17, 15) is 4.79 Å². The first-order chi connectivity index (χ1) is 11.6. The number of nitrogens with zero attached hydrogens (tertiary/aromatic N) is 2. The third-order valence-electron chi connectivity index (χ3n) is 4.09. The van der Waals surface area contributed by atoms with Gasteiger partial charge in [0.2, 0.25) is 5.91 Å². The predicted molar refractivity (Wildman–Crippen MR) is 95.1 cm³/mol. The second kappa shape index (κ2) is 5.65. The van der Waals surface area contributed by atoms with E-state index in [4.69, 9.17) is 17.3 Å². The Kier molecular flexibility index (Phi) is 3.47. The van der Waals surface area contributed by atoms with Crippen molar-refractivity contribution < 1.29 is 4.79 Å². The van der Waals surface area contributed by atoms with Crippen LogP contribution < -0.4 is 5.73 Å². The minimum Gasteiger partial charge on any atom is -0.366 e. The molecule has 4 rings (SSSR count). The fourth-order valence-corrected chi connectivity index (χ4v) is 3.24. The number of fused-ring (bicyclic) bond motifs is 3. The number of nitrogens with two attached hydrogens (primary N) is 1. The van der Waals surface area contributed by atoms with Crippen molar-refractivity contribution in [1.82, 2.24) is 9.55 Å². The Hall–Kier alpha value is -2.85. The molecule has 2 aromatic heterocycles. The molecule has 0 atom stereocenters. The molecule has 0 unspecified atom stereocenters. The standard InChI is InChI=1S/C19H13ClN3O/c20-13-6-7-14-17(9-13)23(11-12-3-2-8-22-10-12)16-5-1-4-15(18(14)16)19(21)24/h1-6,8-10H,11H2,(H2,21,24). The molecule has 0 saturated heterocycles. The van der Waals surface area contributed by atoms with Gasteiger partial charge in [-0.1, -0.05) is 23.7 Å². The summed E-state index contributed by atoms with van der Waals surface area (Å²) >= 11 is 6.17. The van der Waals surface area contributed by atoms with E-state index in [1.807, 2.05) is 36.5 Å². The Morgan fingerprint density at radius 1 is 1.25 bits per heavy atom. The molecule has 0 aliphatic heterocycles. The maximum Gasteiger partial charge on any atom is 0.249 e. The van der Waals surface area contributed by atoms with Crippen LogP contribution in [0.1, 0.15) is 15.9 Å². The third-order valence-corrected chi connectivity index (χ3v) is 4.31. The van der Waals surface area contributed by atoms with Crippen LogP contribution in [-0.4, -0.2) is 15.5 Å². The van der Waals surface area contributed by atoms with Gasteiger partial charge >= 0.3 is 0 Å². The molecule has 2 N–H and O–H groups in total. The lowest BCUT2D eigenvalue weighted by Crippen LogP contribution is -2.11. The van der Waals surface area contributed by atoms with Crippen LogP contribution in [-0.2, 0) is 6.54 Å². The fourth-order valence-electron chi connectivity index (χ4n) is 3.08. The first kappa shape index (κ1) is 14.7. The van der Waals surface area contributed by atoms with E-state index in [0.29, 0.717) is 17.1 Å². The van der Waals surface area contributed by atoms with Crippen LogP contribution in [0, 0.1) is 6.07 Å². The van der Waals surface area contributed by atoms with Crippen molar-refractivity contribution >= 4 is 39.3 Å². The number of aromatic nitrogens is 2. The normalized spacial score (nSPS) is 11.2. The average molecular weight is 335 g/mol. The minimum atomic E-state index is -0.454. The van der Waals surface area contributed by atoms with Gasteiger partial charge in [0.25, 0.3) is 0 Å². The summed E-state index contributed by atoms with van der Waals surface area (Å²) in [6.07, 6.45) is 3.56. The lowest BCUT2D eigenvalue weighted by molar-refractivity contribution is 0.100. The lowest BCUT2D eigenvalue weighted by atomic mass is 10.1. The Labute approximate surface area is 143 Å². The molecule has 2 heterocycles. The highest BCUT2D eigenvalue weighted by molar-refractivity contribution is 6.31. The molecule has 1 amide bonds. The highest BCUT2D eigenvalue weighted by Crippen LogP contribution is 2.33. The molecule has 4 nitrogen and oxygen atoms in total. The number of amides is 1. The van der Waals surface area contributed by atoms with Gasteiger partial charge in [0, 0.05) is 40.3 Å². The van der Waals surface area contributed by atoms with Crippen molar-refractivity contribution in [3.05, 3.63) is 77.1 Å². The monoisotopic (exact) mass is 334 g/mol. The molecule has 0 aliphatic carbocycles. The molecule has 0 spiro atoms. The zero-order valence-corrected chi connectivity index (χ0v) is 13.4. The van der Waals surface area contributed by atoms with Gasteiger partial charge in [-0.2, -0.15) is 0 Å². The number of carbonyl (C=O) groups excluding carboxylic acids is 1. The molecular formula is C19H13ClN3O. The van der Waals surface area contributed by atoms with E-state index in [1.165, 1.54) is 0 Å². The summed E-state index contributed by atoms with van der Waals surface area (Å²) in [6, 6.07) is 16.2. The van der Waals surface area contributed by atoms with E-state index in [0.717, 1.165) is 27.4 Å². The number of pyridine rings is 1. The highest BCUT2D eigenvalue weighted by Gasteiger charge is 2.16. The van der Waals surface area contributed by atoms with E-state index in [-0.39, 0.29) is 0 Å². The van der Waals surface area contributed by atoms with E-state index >= 15 is 0 Å². The number of primary amides is 1. The quantitative estimate of drug-likeness (QED) is 0.619. The van der Waals surface area contributed by atoms with Crippen LogP contribution in [0.25, 0.3) is 21.8 Å². The Balaban J connectivity index is 2.08. The molecule has 117 valence electrons. The van der Waals surface area contributed by atoms with E-state index < -0.39 is 5.91 Å². The van der Waals surface area contributed by atoms with Crippen molar-refractivity contribution in [2.75, 3.05) is 0 Å². The van der Waals surface area contributed by atoms with Gasteiger partial charge in [-0.05, 0) is 42.0 Å². The summed E-state index contributed by atoms with van der Waals surface area (Å²) in [5.41, 5.74) is 8.94. The summed E-state index contributed by atoms with van der Waals surface area (Å²) in [5, 5.41) is 2.24. The number of halogens is 1. The van der Waals surface area contributed by atoms with Crippen LogP contribution >= 0.6 is 11.6 Å². The SMILES string of the molecule is NC(=O)c1cccc2c1c1[c]cc(Cl)cc1n2Cc1cccnc1. The zero-order valence-electron chi connectivity index (χ0n) is 12.7. The fraction of sp³-hybridized carbons (Fsp3) is 0.0526. The summed E-state index contributed by atoms with van der Waals surface area (Å²) in [6.45, 7) is 0.615. The van der Waals surface area contributed by atoms with Crippen LogP contribution in [0.3, 0.4) is 0 Å². The summed E-state index contributed by atoms with van der Waals surface area (Å²) in [5.74, 6) is -0.454. The van der Waals surface area contributed by atoms with Gasteiger partial charge in [-0.15, -0.1) is 0 Å². The Morgan fingerprint density at radius 3 is 2.88 bits per heavy atom. The van der Waals surface area contributed by atoms with Crippen molar-refractivity contribution in [1.29, 1.82) is 0 Å². The summed E-state index contributed by atoms with van der Waals surface area (Å²) in [7, 11) is 0. The number of carbonyl (C=O) groups is 1. The van der Waals surface area contributed by atoms with Gasteiger partial charge in [-0.3, -0.25) is 9.78 Å². The topological polar surface area (TPSA) is 60.9 Å². The predicted octanol–water partition coefficient (Wildman–Crippen LogP) is 3.79. The molecule has 0 aliphatic rings. The number of hydrogen-bond acceptors (Lipinski definition) is 2. The minimum absolute atomic E-state index is 0.454. The average Bonchev–Trinajstić information content (AvgIpc) is 2.89. The van der Waals surface area contributed by atoms with Crippen LogP contribution in [0.5, 0.6) is 0 Å². The molecule has 24 heavy (non-hydrogen) atoms. The smallest absolute Gasteiger partial charge is 0.249 e. The second-order valence-electron chi connectivity index (χ2n) is 5.59. The number of rotatable bonds is 3. The first-order valence-electron chi connectivity index (χ1n) is 7.46. The number of benzene rings is 2. The van der Waals surface area contributed by atoms with Gasteiger partial charge in [0.15, 0.2) is 0 Å². The van der Waals surface area contributed by atoms with Gasteiger partial charge in [0.1, 0.15) is 0 Å². The maximum absolute atomic E-state index is 11.9. The third kappa shape index (κ3) is 2.32. The Morgan fingerprint density at radius 2 is 2.12 bits per heavy atom. The lowest BCUT2D eigenvalue weighted by Gasteiger charge is -2.08. The molecule has 2 aromatic carbocycles. The van der Waals surface area contributed by atoms with Crippen LogP contribution in [0.4, 0.5) is 0 Å². The van der Waals surface area contributed by atoms with Gasteiger partial charge in [0.05, 0.1) is 11.0 Å². The van der Waals surface area contributed by atoms with Crippen molar-refractivity contribution in [2.24, 2.45) is 5.73 Å². The molecule has 5 heteroatoms. The van der Waals surface area contributed by atoms with Gasteiger partial charge < -0.3 is 10.3 Å². The van der Waals surface area contributed by atoms with E-state index in [2.05, 4.69) is 15.6 Å². The summed E-state index contributed by atoms with van der Waals surface area (Å²) < 4.78 is 2.11.